The highest BCUT2D eigenvalue weighted by Crippen LogP contribution is 2.31. The normalized spacial score (nSPS) is 18.9. The number of rotatable bonds is 3. The predicted molar refractivity (Wildman–Crippen MR) is 74.4 cm³/mol. The average Bonchev–Trinajstić information content (AvgIpc) is 2.50. The van der Waals surface area contributed by atoms with Crippen molar-refractivity contribution in [2.75, 3.05) is 6.61 Å². The van der Waals surface area contributed by atoms with Gasteiger partial charge in [-0.2, -0.15) is 0 Å². The van der Waals surface area contributed by atoms with Gasteiger partial charge in [0, 0.05) is 0 Å². The number of hydrogen-bond acceptors (Lipinski definition) is 2. The zero-order chi connectivity index (χ0) is 12.9. The van der Waals surface area contributed by atoms with Crippen LogP contribution in [-0.2, 0) is 16.2 Å². The molecule has 0 radical (unpaired) electrons. The molecule has 1 aliphatic heterocycles. The van der Waals surface area contributed by atoms with E-state index in [4.69, 9.17) is 9.78 Å². The maximum atomic E-state index is 5.48. The van der Waals surface area contributed by atoms with Gasteiger partial charge < -0.3 is 0 Å². The van der Waals surface area contributed by atoms with Gasteiger partial charge in [-0.15, -0.1) is 0 Å². The summed E-state index contributed by atoms with van der Waals surface area (Å²) < 4.78 is 0. The summed E-state index contributed by atoms with van der Waals surface area (Å²) in [7, 11) is 0. The van der Waals surface area contributed by atoms with E-state index in [1.54, 1.807) is 0 Å². The third-order valence-electron chi connectivity index (χ3n) is 3.27. The topological polar surface area (TPSA) is 18.5 Å². The molecule has 0 amide bonds. The molecule has 2 aromatic carbocycles. The summed E-state index contributed by atoms with van der Waals surface area (Å²) in [5.41, 5.74) is 3.67. The van der Waals surface area contributed by atoms with Crippen LogP contribution in [0.3, 0.4) is 0 Å². The maximum absolute atomic E-state index is 5.48. The van der Waals surface area contributed by atoms with Crippen LogP contribution in [0.1, 0.15) is 17.2 Å². The minimum atomic E-state index is -0.102. The van der Waals surface area contributed by atoms with Crippen molar-refractivity contribution in [2.45, 2.75) is 12.5 Å². The van der Waals surface area contributed by atoms with Crippen molar-refractivity contribution >= 4 is 0 Å². The molecule has 96 valence electrons. The van der Waals surface area contributed by atoms with Crippen LogP contribution in [0.5, 0.6) is 0 Å². The Morgan fingerprint density at radius 1 is 0.895 bits per heavy atom. The van der Waals surface area contributed by atoms with Crippen molar-refractivity contribution < 1.29 is 9.78 Å². The van der Waals surface area contributed by atoms with E-state index in [9.17, 15) is 0 Å². The molecule has 0 aliphatic carbocycles. The first-order valence-electron chi connectivity index (χ1n) is 6.49. The predicted octanol–water partition coefficient (Wildman–Crippen LogP) is 3.86. The van der Waals surface area contributed by atoms with Gasteiger partial charge in [0.15, 0.2) is 0 Å². The summed E-state index contributed by atoms with van der Waals surface area (Å²) in [5.74, 6) is 0. The largest absolute Gasteiger partial charge is 0.232 e. The zero-order valence-corrected chi connectivity index (χ0v) is 10.7. The van der Waals surface area contributed by atoms with Crippen LogP contribution < -0.4 is 0 Å². The molecule has 1 heterocycles. The molecule has 0 N–H and O–H groups in total. The Balaban J connectivity index is 1.84. The Labute approximate surface area is 113 Å². The Morgan fingerprint density at radius 2 is 1.58 bits per heavy atom. The van der Waals surface area contributed by atoms with Gasteiger partial charge in [-0.25, -0.2) is 9.78 Å². The van der Waals surface area contributed by atoms with Crippen molar-refractivity contribution in [3.05, 3.63) is 83.4 Å². The first kappa shape index (κ1) is 12.2. The smallest absolute Gasteiger partial charge is 0.139 e. The minimum absolute atomic E-state index is 0.102. The highest BCUT2D eigenvalue weighted by atomic mass is 17.2. The molecule has 1 atom stereocenters. The lowest BCUT2D eigenvalue weighted by Crippen LogP contribution is -2.15. The quantitative estimate of drug-likeness (QED) is 0.610. The van der Waals surface area contributed by atoms with Crippen molar-refractivity contribution in [3.63, 3.8) is 0 Å². The summed E-state index contributed by atoms with van der Waals surface area (Å²) in [5, 5.41) is 0. The summed E-state index contributed by atoms with van der Waals surface area (Å²) in [6.45, 7) is 0.519. The molecular formula is C17H16O2. The molecule has 2 nitrogen and oxygen atoms in total. The van der Waals surface area contributed by atoms with Crippen LogP contribution in [0.2, 0.25) is 0 Å². The highest BCUT2D eigenvalue weighted by Gasteiger charge is 2.21. The summed E-state index contributed by atoms with van der Waals surface area (Å²) >= 11 is 0. The van der Waals surface area contributed by atoms with Crippen LogP contribution in [0.15, 0.2) is 72.3 Å². The van der Waals surface area contributed by atoms with E-state index >= 15 is 0 Å². The molecule has 0 aromatic heterocycles. The minimum Gasteiger partial charge on any atom is -0.232 e. The van der Waals surface area contributed by atoms with Crippen molar-refractivity contribution in [3.8, 4) is 0 Å². The van der Waals surface area contributed by atoms with Gasteiger partial charge in [0.1, 0.15) is 12.7 Å². The van der Waals surface area contributed by atoms with E-state index in [0.717, 1.165) is 12.0 Å². The second-order valence-corrected chi connectivity index (χ2v) is 4.61. The number of hydrogen-bond donors (Lipinski definition) is 0. The first-order chi connectivity index (χ1) is 9.43. The van der Waals surface area contributed by atoms with Crippen LogP contribution in [0, 0.1) is 0 Å². The third-order valence-corrected chi connectivity index (χ3v) is 3.27. The van der Waals surface area contributed by atoms with Gasteiger partial charge in [-0.05, 0) is 23.1 Å². The fourth-order valence-electron chi connectivity index (χ4n) is 2.31. The average molecular weight is 252 g/mol. The molecule has 1 unspecified atom stereocenters. The Kier molecular flexibility index (Phi) is 3.73. The van der Waals surface area contributed by atoms with Crippen molar-refractivity contribution in [1.29, 1.82) is 0 Å². The van der Waals surface area contributed by atoms with E-state index in [2.05, 4.69) is 42.5 Å². The highest BCUT2D eigenvalue weighted by molar-refractivity contribution is 5.31. The third kappa shape index (κ3) is 2.92. The van der Waals surface area contributed by atoms with E-state index in [0.29, 0.717) is 6.61 Å². The lowest BCUT2D eigenvalue weighted by Gasteiger charge is -2.24. The van der Waals surface area contributed by atoms with E-state index in [1.165, 1.54) is 11.1 Å². The lowest BCUT2D eigenvalue weighted by molar-refractivity contribution is -0.319. The van der Waals surface area contributed by atoms with Gasteiger partial charge in [0.25, 0.3) is 0 Å². The molecule has 19 heavy (non-hydrogen) atoms. The summed E-state index contributed by atoms with van der Waals surface area (Å²) in [6.07, 6.45) is 2.91. The van der Waals surface area contributed by atoms with Crippen molar-refractivity contribution in [1.82, 2.24) is 0 Å². The fraction of sp³-hybridized carbons (Fsp3) is 0.176. The van der Waals surface area contributed by atoms with Crippen molar-refractivity contribution in [2.24, 2.45) is 0 Å². The van der Waals surface area contributed by atoms with E-state index < -0.39 is 0 Å². The molecular weight excluding hydrogens is 236 g/mol. The zero-order valence-electron chi connectivity index (χ0n) is 10.7. The Bertz CT molecular complexity index is 546. The molecule has 0 fully saturated rings. The van der Waals surface area contributed by atoms with Crippen LogP contribution in [0.25, 0.3) is 0 Å². The molecule has 0 bridgehead atoms. The molecule has 3 rings (SSSR count). The van der Waals surface area contributed by atoms with Gasteiger partial charge in [-0.1, -0.05) is 66.7 Å². The lowest BCUT2D eigenvalue weighted by atomic mass is 9.95. The monoisotopic (exact) mass is 252 g/mol. The SMILES string of the molecule is C1=C(Cc2ccccc2)C(c2ccccc2)OOC1. The van der Waals surface area contributed by atoms with Crippen LogP contribution >= 0.6 is 0 Å². The number of benzene rings is 2. The Morgan fingerprint density at radius 3 is 2.32 bits per heavy atom. The fourth-order valence-corrected chi connectivity index (χ4v) is 2.31. The molecule has 1 aliphatic rings. The first-order valence-corrected chi connectivity index (χ1v) is 6.49. The molecule has 0 saturated carbocycles. The molecule has 0 saturated heterocycles. The molecule has 2 aromatic rings. The van der Waals surface area contributed by atoms with Gasteiger partial charge in [-0.3, -0.25) is 0 Å². The Hall–Kier alpha value is -1.90. The van der Waals surface area contributed by atoms with Gasteiger partial charge in [0.05, 0.1) is 0 Å². The van der Waals surface area contributed by atoms with Crippen LogP contribution in [-0.4, -0.2) is 6.61 Å². The van der Waals surface area contributed by atoms with Gasteiger partial charge in [0.2, 0.25) is 0 Å². The molecule has 2 heteroatoms. The summed E-state index contributed by atoms with van der Waals surface area (Å²) in [4.78, 5) is 10.6. The molecule has 0 spiro atoms. The van der Waals surface area contributed by atoms with Crippen LogP contribution in [0.4, 0.5) is 0 Å². The standard InChI is InChI=1S/C17H16O2/c1-3-7-14(8-4-1)13-16-11-12-18-19-17(16)15-9-5-2-6-10-15/h1-11,17H,12-13H2. The van der Waals surface area contributed by atoms with E-state index in [1.807, 2.05) is 24.3 Å². The second-order valence-electron chi connectivity index (χ2n) is 4.61. The maximum Gasteiger partial charge on any atom is 0.139 e. The summed E-state index contributed by atoms with van der Waals surface area (Å²) in [6, 6.07) is 20.6. The second kappa shape index (κ2) is 5.83. The van der Waals surface area contributed by atoms with E-state index in [-0.39, 0.29) is 6.10 Å². The van der Waals surface area contributed by atoms with Gasteiger partial charge >= 0.3 is 0 Å².